The standard InChI is InChI=1S/C20H30FN3O2/c1-15-4-5-16(13-19(15)21)22-20(26)8-12-23-10-6-17(7-11-23)24-9-2-3-18(25)14-24/h4-5,13,17-18,25H,2-3,6-12,14H2,1H3,(H,22,26)/t18-/m0/s1. The summed E-state index contributed by atoms with van der Waals surface area (Å²) in [6.07, 6.45) is 4.45. The molecule has 0 radical (unpaired) electrons. The van der Waals surface area contributed by atoms with Crippen molar-refractivity contribution in [3.05, 3.63) is 29.6 Å². The zero-order valence-corrected chi connectivity index (χ0v) is 15.6. The molecule has 3 rings (SSSR count). The van der Waals surface area contributed by atoms with Gasteiger partial charge in [-0.3, -0.25) is 9.69 Å². The second-order valence-electron chi connectivity index (χ2n) is 7.63. The second-order valence-corrected chi connectivity index (χ2v) is 7.63. The molecular formula is C20H30FN3O2. The van der Waals surface area contributed by atoms with E-state index in [2.05, 4.69) is 15.1 Å². The molecule has 2 aliphatic rings. The number of hydrogen-bond acceptors (Lipinski definition) is 4. The van der Waals surface area contributed by atoms with Crippen molar-refractivity contribution in [2.75, 3.05) is 38.0 Å². The first kappa shape index (κ1) is 19.3. The Morgan fingerprint density at radius 1 is 1.27 bits per heavy atom. The van der Waals surface area contributed by atoms with Gasteiger partial charge < -0.3 is 15.3 Å². The van der Waals surface area contributed by atoms with Gasteiger partial charge in [0.2, 0.25) is 5.91 Å². The third-order valence-electron chi connectivity index (χ3n) is 5.61. The Kier molecular flexibility index (Phi) is 6.62. The lowest BCUT2D eigenvalue weighted by molar-refractivity contribution is -0.116. The van der Waals surface area contributed by atoms with Crippen molar-refractivity contribution >= 4 is 11.6 Å². The van der Waals surface area contributed by atoms with Crippen LogP contribution >= 0.6 is 0 Å². The van der Waals surface area contributed by atoms with Gasteiger partial charge in [0.05, 0.1) is 6.10 Å². The van der Waals surface area contributed by atoms with E-state index in [9.17, 15) is 14.3 Å². The first-order valence-corrected chi connectivity index (χ1v) is 9.72. The fraction of sp³-hybridized carbons (Fsp3) is 0.650. The maximum absolute atomic E-state index is 13.5. The number of carbonyl (C=O) groups excluding carboxylic acids is 1. The van der Waals surface area contributed by atoms with Crippen molar-refractivity contribution in [3.63, 3.8) is 0 Å². The number of nitrogens with zero attached hydrogens (tertiary/aromatic N) is 2. The Labute approximate surface area is 155 Å². The fourth-order valence-corrected chi connectivity index (χ4v) is 3.98. The Morgan fingerprint density at radius 3 is 2.73 bits per heavy atom. The number of benzene rings is 1. The lowest BCUT2D eigenvalue weighted by Crippen LogP contribution is -2.49. The van der Waals surface area contributed by atoms with E-state index in [-0.39, 0.29) is 17.8 Å². The molecule has 1 aromatic carbocycles. The highest BCUT2D eigenvalue weighted by atomic mass is 19.1. The van der Waals surface area contributed by atoms with Gasteiger partial charge in [0, 0.05) is 31.2 Å². The van der Waals surface area contributed by atoms with Crippen LogP contribution in [0, 0.1) is 12.7 Å². The summed E-state index contributed by atoms with van der Waals surface area (Å²) in [7, 11) is 0. The van der Waals surface area contributed by atoms with Crippen molar-refractivity contribution in [1.29, 1.82) is 0 Å². The van der Waals surface area contributed by atoms with E-state index in [4.69, 9.17) is 0 Å². The molecule has 2 fully saturated rings. The summed E-state index contributed by atoms with van der Waals surface area (Å²) >= 11 is 0. The number of aliphatic hydroxyl groups is 1. The van der Waals surface area contributed by atoms with Gasteiger partial charge in [-0.15, -0.1) is 0 Å². The molecule has 144 valence electrons. The SMILES string of the molecule is Cc1ccc(NC(=O)CCN2CCC(N3CCC[C@H](O)C3)CC2)cc1F. The Morgan fingerprint density at radius 2 is 2.04 bits per heavy atom. The summed E-state index contributed by atoms with van der Waals surface area (Å²) in [4.78, 5) is 16.9. The Balaban J connectivity index is 1.38. The van der Waals surface area contributed by atoms with Crippen molar-refractivity contribution in [2.45, 2.75) is 51.2 Å². The maximum atomic E-state index is 13.5. The average molecular weight is 363 g/mol. The third kappa shape index (κ3) is 5.25. The molecule has 0 unspecified atom stereocenters. The molecule has 0 aliphatic carbocycles. The van der Waals surface area contributed by atoms with Gasteiger partial charge in [0.15, 0.2) is 0 Å². The molecule has 2 N–H and O–H groups in total. The monoisotopic (exact) mass is 363 g/mol. The predicted molar refractivity (Wildman–Crippen MR) is 101 cm³/mol. The smallest absolute Gasteiger partial charge is 0.225 e. The highest BCUT2D eigenvalue weighted by molar-refractivity contribution is 5.90. The molecule has 5 nitrogen and oxygen atoms in total. The van der Waals surface area contributed by atoms with Gasteiger partial charge in [-0.25, -0.2) is 4.39 Å². The number of aliphatic hydroxyl groups excluding tert-OH is 1. The van der Waals surface area contributed by atoms with E-state index in [1.807, 2.05) is 0 Å². The van der Waals surface area contributed by atoms with Crippen LogP contribution in [0.25, 0.3) is 0 Å². The number of amides is 1. The molecular weight excluding hydrogens is 333 g/mol. The van der Waals surface area contributed by atoms with Crippen molar-refractivity contribution in [1.82, 2.24) is 9.80 Å². The lowest BCUT2D eigenvalue weighted by atomic mass is 9.99. The highest BCUT2D eigenvalue weighted by Crippen LogP contribution is 2.21. The van der Waals surface area contributed by atoms with Gasteiger partial charge in [0.25, 0.3) is 0 Å². The van der Waals surface area contributed by atoms with Gasteiger partial charge in [-0.1, -0.05) is 6.07 Å². The lowest BCUT2D eigenvalue weighted by Gasteiger charge is -2.41. The number of aryl methyl sites for hydroxylation is 1. The zero-order valence-electron chi connectivity index (χ0n) is 15.6. The molecule has 1 amide bonds. The molecule has 0 saturated carbocycles. The Bertz CT molecular complexity index is 617. The number of carbonyl (C=O) groups is 1. The number of anilines is 1. The van der Waals surface area contributed by atoms with Crippen LogP contribution in [0.15, 0.2) is 18.2 Å². The summed E-state index contributed by atoms with van der Waals surface area (Å²) in [5, 5.41) is 12.6. The molecule has 2 heterocycles. The number of hydrogen-bond donors (Lipinski definition) is 2. The first-order chi connectivity index (χ1) is 12.5. The largest absolute Gasteiger partial charge is 0.392 e. The van der Waals surface area contributed by atoms with E-state index in [0.717, 1.165) is 58.4 Å². The first-order valence-electron chi connectivity index (χ1n) is 9.72. The minimum absolute atomic E-state index is 0.0745. The van der Waals surface area contributed by atoms with E-state index < -0.39 is 0 Å². The minimum atomic E-state index is -0.298. The molecule has 6 heteroatoms. The zero-order chi connectivity index (χ0) is 18.5. The fourth-order valence-electron chi connectivity index (χ4n) is 3.98. The molecule has 26 heavy (non-hydrogen) atoms. The van der Waals surface area contributed by atoms with E-state index in [1.54, 1.807) is 19.1 Å². The van der Waals surface area contributed by atoms with Gasteiger partial charge >= 0.3 is 0 Å². The van der Waals surface area contributed by atoms with E-state index in [1.165, 1.54) is 6.07 Å². The summed E-state index contributed by atoms with van der Waals surface area (Å²) in [5.74, 6) is -0.373. The van der Waals surface area contributed by atoms with Gasteiger partial charge in [0.1, 0.15) is 5.82 Å². The van der Waals surface area contributed by atoms with Crippen LogP contribution in [-0.4, -0.2) is 65.7 Å². The number of β-amino-alcohol motifs (C(OH)–C–C–N with tert-alkyl or cyclic N) is 1. The van der Waals surface area contributed by atoms with Crippen LogP contribution in [0.3, 0.4) is 0 Å². The second kappa shape index (κ2) is 8.93. The normalized spacial score (nSPS) is 23.1. The summed E-state index contributed by atoms with van der Waals surface area (Å²) in [6.45, 7) is 6.31. The van der Waals surface area contributed by atoms with Crippen LogP contribution in [0.2, 0.25) is 0 Å². The average Bonchev–Trinajstić information content (AvgIpc) is 2.63. The predicted octanol–water partition coefficient (Wildman–Crippen LogP) is 2.38. The molecule has 0 bridgehead atoms. The highest BCUT2D eigenvalue weighted by Gasteiger charge is 2.28. The number of piperidine rings is 2. The van der Waals surface area contributed by atoms with Crippen LogP contribution in [0.4, 0.5) is 10.1 Å². The number of rotatable bonds is 5. The molecule has 2 aliphatic heterocycles. The molecule has 1 aromatic rings. The minimum Gasteiger partial charge on any atom is -0.392 e. The Hall–Kier alpha value is -1.50. The van der Waals surface area contributed by atoms with Crippen LogP contribution in [-0.2, 0) is 4.79 Å². The molecule has 0 spiro atoms. The summed E-state index contributed by atoms with van der Waals surface area (Å²) in [5.41, 5.74) is 1.09. The quantitative estimate of drug-likeness (QED) is 0.843. The van der Waals surface area contributed by atoms with Crippen LogP contribution in [0.5, 0.6) is 0 Å². The molecule has 0 aromatic heterocycles. The topological polar surface area (TPSA) is 55.8 Å². The van der Waals surface area contributed by atoms with Gasteiger partial charge in [-0.05, 0) is 69.9 Å². The van der Waals surface area contributed by atoms with Crippen LogP contribution < -0.4 is 5.32 Å². The summed E-state index contributed by atoms with van der Waals surface area (Å²) in [6, 6.07) is 5.33. The third-order valence-corrected chi connectivity index (χ3v) is 5.61. The maximum Gasteiger partial charge on any atom is 0.225 e. The van der Waals surface area contributed by atoms with Crippen LogP contribution in [0.1, 0.15) is 37.7 Å². The molecule has 1 atom stereocenters. The van der Waals surface area contributed by atoms with Gasteiger partial charge in [-0.2, -0.15) is 0 Å². The number of likely N-dealkylation sites (tertiary alicyclic amines) is 2. The number of nitrogens with one attached hydrogen (secondary N) is 1. The number of halogens is 1. The van der Waals surface area contributed by atoms with E-state index in [0.29, 0.717) is 23.7 Å². The molecule has 2 saturated heterocycles. The van der Waals surface area contributed by atoms with E-state index >= 15 is 0 Å². The van der Waals surface area contributed by atoms with Crippen molar-refractivity contribution < 1.29 is 14.3 Å². The van der Waals surface area contributed by atoms with Crippen molar-refractivity contribution in [3.8, 4) is 0 Å². The van der Waals surface area contributed by atoms with Crippen molar-refractivity contribution in [2.24, 2.45) is 0 Å². The summed E-state index contributed by atoms with van der Waals surface area (Å²) < 4.78 is 13.5.